The number of fused-ring (bicyclic) bond motifs is 1. The number of carbonyl (C=O) groups is 15. The van der Waals surface area contributed by atoms with Crippen molar-refractivity contribution in [2.75, 3.05) is 39.8 Å². The molecule has 0 fully saturated rings. The molecule has 1 aromatic carbocycles. The summed E-state index contributed by atoms with van der Waals surface area (Å²) in [5, 5.41) is 42.9. The van der Waals surface area contributed by atoms with Crippen LogP contribution in [0.1, 0.15) is 142 Å². The van der Waals surface area contributed by atoms with Gasteiger partial charge in [-0.15, -0.1) is 5.10 Å². The summed E-state index contributed by atoms with van der Waals surface area (Å²) in [6, 6.07) is -2.47. The minimum atomic E-state index is -1.45. The Balaban J connectivity index is 1.29. The van der Waals surface area contributed by atoms with E-state index in [1.807, 2.05) is 20.8 Å². The van der Waals surface area contributed by atoms with Crippen LogP contribution in [-0.2, 0) is 103 Å². The standard InChI is InChI=1S/C67H103N21O16/c1-9-10-16-47(60(69)96)82-64(100)50(28-38(2)3)83-65(101)52(30-43-32-70-37-78-43)81-57(94)34-77-66(102)59(39(4)5)85-61(97)40(6)79-63(99)51(29-42-31-75-46-17-12-11-15-45(42)46)84-62(98)48(19-20-53(68)90)80-56(93)23-27-73-54(91)21-25-72-55(92)22-26-74-58(95)36-88-35-44(86-87-88)33-76-49(67(103)104-8)18-13-14-24-71-41(7)89/h11-12,15,17,31-32,35,37-40,47-52,59,75-76H,9-10,13-14,16,18-30,33-34,36H2,1-8H3,(H2,68,90)(H2,69,96)(H,70,78)(H,71,89)(H,72,92)(H,73,91)(H,74,95)(H,77,102)(H,79,99)(H,80,93)(H,81,94)(H,82,100)(H,83,101)(H,84,98)(H,85,97)/t40-,47-,48-,49-,50-,51-,52-,59-/m0/s1. The third-order valence-electron chi connectivity index (χ3n) is 16.2. The number of amides is 14. The smallest absolute Gasteiger partial charge is 0.322 e. The highest BCUT2D eigenvalue weighted by Gasteiger charge is 2.34. The molecule has 4 rings (SSSR count). The molecule has 0 aliphatic rings. The number of ether oxygens (including phenoxy) is 1. The lowest BCUT2D eigenvalue weighted by Gasteiger charge is -2.26. The van der Waals surface area contributed by atoms with E-state index in [1.54, 1.807) is 44.3 Å². The molecule has 0 saturated carbocycles. The van der Waals surface area contributed by atoms with Gasteiger partial charge in [-0.2, -0.15) is 0 Å². The lowest BCUT2D eigenvalue weighted by atomic mass is 10.0. The van der Waals surface area contributed by atoms with Crippen LogP contribution >= 0.6 is 0 Å². The van der Waals surface area contributed by atoms with Gasteiger partial charge in [0.1, 0.15) is 54.9 Å². The third kappa shape index (κ3) is 32.0. The van der Waals surface area contributed by atoms with Crippen LogP contribution in [0.2, 0.25) is 0 Å². The number of carbonyl (C=O) groups excluding carboxylic acids is 15. The molecule has 8 atom stereocenters. The number of methoxy groups -OCH3 is 1. The third-order valence-corrected chi connectivity index (χ3v) is 16.2. The summed E-state index contributed by atoms with van der Waals surface area (Å²) >= 11 is 0. The molecular formula is C67H103N21O16. The summed E-state index contributed by atoms with van der Waals surface area (Å²) in [7, 11) is 1.28. The topological polar surface area (TPSA) is 549 Å². The molecule has 0 spiro atoms. The van der Waals surface area contributed by atoms with Crippen LogP contribution in [0.4, 0.5) is 0 Å². The number of aromatic amines is 2. The second-order valence-electron chi connectivity index (χ2n) is 25.8. The first kappa shape index (κ1) is 85.5. The maximum absolute atomic E-state index is 14.3. The first-order valence-corrected chi connectivity index (χ1v) is 34.7. The molecular weight excluding hydrogens is 1350 g/mol. The Bertz CT molecular complexity index is 3540. The van der Waals surface area contributed by atoms with E-state index >= 15 is 0 Å². The lowest BCUT2D eigenvalue weighted by Crippen LogP contribution is -2.59. The monoisotopic (exact) mass is 1460 g/mol. The fourth-order valence-electron chi connectivity index (χ4n) is 10.5. The number of aromatic nitrogens is 6. The molecule has 0 radical (unpaired) electrons. The van der Waals surface area contributed by atoms with E-state index in [4.69, 9.17) is 16.2 Å². The summed E-state index contributed by atoms with van der Waals surface area (Å²) in [5.41, 5.74) is 13.2. The van der Waals surface area contributed by atoms with Gasteiger partial charge in [-0.25, -0.2) is 9.67 Å². The maximum atomic E-state index is 14.3. The fourth-order valence-corrected chi connectivity index (χ4v) is 10.5. The molecule has 0 bridgehead atoms. The predicted octanol–water partition coefficient (Wildman–Crippen LogP) is -3.40. The van der Waals surface area contributed by atoms with Crippen molar-refractivity contribution < 1.29 is 76.7 Å². The molecule has 0 aliphatic heterocycles. The number of hydrogen-bond donors (Lipinski definition) is 17. The zero-order valence-electron chi connectivity index (χ0n) is 60.2. The number of nitrogens with zero attached hydrogens (tertiary/aromatic N) is 4. The van der Waals surface area contributed by atoms with Crippen molar-refractivity contribution in [3.05, 3.63) is 66.1 Å². The van der Waals surface area contributed by atoms with Crippen molar-refractivity contribution in [1.82, 2.24) is 99.1 Å². The van der Waals surface area contributed by atoms with E-state index in [-0.39, 0.29) is 95.9 Å². The fraction of sp³-hybridized carbons (Fsp3) is 0.582. The molecule has 19 N–H and O–H groups in total. The number of unbranched alkanes of at least 4 members (excludes halogenated alkanes) is 2. The SMILES string of the molecule is CCCC[C@H](NC(=O)[C@H](CC(C)C)NC(=O)[C@H](Cc1cnc[nH]1)NC(=O)CNC(=O)[C@@H](NC(=O)[C@H](C)NC(=O)[C@H](Cc1c[nH]c2ccccc12)NC(=O)[C@H](CCC(N)=O)NC(=O)CCNC(=O)CCNC(=O)CCNC(=O)Cn1cc(CN[C@@H](CCCCNC(C)=O)C(=O)OC)nn1)C(C)C)C(N)=O. The average molecular weight is 1460 g/mol. The lowest BCUT2D eigenvalue weighted by molar-refractivity contribution is -0.143. The van der Waals surface area contributed by atoms with Crippen LogP contribution < -0.4 is 80.6 Å². The Hall–Kier alpha value is -10.9. The number of H-pyrrole nitrogens is 2. The largest absolute Gasteiger partial charge is 0.468 e. The number of esters is 1. The first-order chi connectivity index (χ1) is 49.5. The van der Waals surface area contributed by atoms with Gasteiger partial charge in [0.25, 0.3) is 0 Å². The molecule has 572 valence electrons. The Labute approximate surface area is 602 Å². The highest BCUT2D eigenvalue weighted by Crippen LogP contribution is 2.20. The number of nitrogens with two attached hydrogens (primary N) is 2. The number of primary amides is 2. The molecule has 0 unspecified atom stereocenters. The molecule has 14 amide bonds. The van der Waals surface area contributed by atoms with Crippen molar-refractivity contribution in [2.24, 2.45) is 23.3 Å². The van der Waals surface area contributed by atoms with Gasteiger partial charge in [-0.05, 0) is 68.9 Å². The van der Waals surface area contributed by atoms with E-state index in [0.717, 1.165) is 6.42 Å². The molecule has 0 saturated heterocycles. The Morgan fingerprint density at radius 3 is 1.81 bits per heavy atom. The minimum Gasteiger partial charge on any atom is -0.468 e. The minimum absolute atomic E-state index is 0.0398. The van der Waals surface area contributed by atoms with Gasteiger partial charge in [0.05, 0.1) is 31.9 Å². The van der Waals surface area contributed by atoms with Crippen molar-refractivity contribution in [2.45, 2.75) is 200 Å². The summed E-state index contributed by atoms with van der Waals surface area (Å²) < 4.78 is 6.18. The Morgan fingerprint density at radius 1 is 0.577 bits per heavy atom. The number of imidazole rings is 1. The quantitative estimate of drug-likeness (QED) is 0.0151. The van der Waals surface area contributed by atoms with Gasteiger partial charge in [0.2, 0.25) is 82.7 Å². The number of hydrogen-bond acceptors (Lipinski definition) is 20. The normalized spacial score (nSPS) is 13.4. The van der Waals surface area contributed by atoms with Gasteiger partial charge < -0.3 is 90.0 Å². The van der Waals surface area contributed by atoms with Crippen LogP contribution in [0.3, 0.4) is 0 Å². The highest BCUT2D eigenvalue weighted by atomic mass is 16.5. The van der Waals surface area contributed by atoms with Crippen LogP contribution in [0.15, 0.2) is 49.2 Å². The van der Waals surface area contributed by atoms with E-state index in [2.05, 4.69) is 94.4 Å². The average Bonchev–Trinajstić information content (AvgIpc) is 1.61. The molecule has 3 heterocycles. The second kappa shape index (κ2) is 45.2. The van der Waals surface area contributed by atoms with Gasteiger partial charge in [-0.3, -0.25) is 77.2 Å². The van der Waals surface area contributed by atoms with Gasteiger partial charge in [0.15, 0.2) is 0 Å². The Morgan fingerprint density at radius 2 is 1.18 bits per heavy atom. The number of rotatable bonds is 49. The molecule has 37 heteroatoms. The predicted molar refractivity (Wildman–Crippen MR) is 376 cm³/mol. The number of benzene rings is 1. The molecule has 4 aromatic rings. The zero-order valence-corrected chi connectivity index (χ0v) is 60.2. The van der Waals surface area contributed by atoms with Gasteiger partial charge in [-0.1, -0.05) is 70.9 Å². The first-order valence-electron chi connectivity index (χ1n) is 34.7. The van der Waals surface area contributed by atoms with Crippen molar-refractivity contribution in [1.29, 1.82) is 0 Å². The second-order valence-corrected chi connectivity index (χ2v) is 25.8. The van der Waals surface area contributed by atoms with Crippen molar-refractivity contribution in [3.8, 4) is 0 Å². The van der Waals surface area contributed by atoms with E-state index in [0.29, 0.717) is 66.5 Å². The molecule has 104 heavy (non-hydrogen) atoms. The molecule has 37 nitrogen and oxygen atoms in total. The van der Waals surface area contributed by atoms with Crippen LogP contribution in [-0.4, -0.2) is 207 Å². The molecule has 3 aromatic heterocycles. The summed E-state index contributed by atoms with van der Waals surface area (Å²) in [6.45, 7) is 11.0. The summed E-state index contributed by atoms with van der Waals surface area (Å²) in [4.78, 5) is 206. The highest BCUT2D eigenvalue weighted by molar-refractivity contribution is 5.98. The van der Waals surface area contributed by atoms with E-state index in [1.165, 1.54) is 44.4 Å². The van der Waals surface area contributed by atoms with Gasteiger partial charge >= 0.3 is 5.97 Å². The Kier molecular flexibility index (Phi) is 37.2. The summed E-state index contributed by atoms with van der Waals surface area (Å²) in [5.74, 6) is -10.7. The summed E-state index contributed by atoms with van der Waals surface area (Å²) in [6.07, 6.45) is 7.89. The number of para-hydroxylation sites is 1. The maximum Gasteiger partial charge on any atom is 0.322 e. The zero-order chi connectivity index (χ0) is 76.8. The van der Waals surface area contributed by atoms with Gasteiger partial charge in [0, 0.05) is 107 Å². The van der Waals surface area contributed by atoms with Crippen molar-refractivity contribution >= 4 is 99.6 Å². The van der Waals surface area contributed by atoms with E-state index < -0.39 is 144 Å². The van der Waals surface area contributed by atoms with E-state index in [9.17, 15) is 71.9 Å². The van der Waals surface area contributed by atoms with Crippen LogP contribution in [0, 0.1) is 11.8 Å². The number of nitrogens with one attached hydrogen (secondary N) is 15. The van der Waals surface area contributed by atoms with Crippen molar-refractivity contribution in [3.63, 3.8) is 0 Å². The van der Waals surface area contributed by atoms with Crippen LogP contribution in [0.25, 0.3) is 10.9 Å². The molecule has 0 aliphatic carbocycles. The van der Waals surface area contributed by atoms with Crippen LogP contribution in [0.5, 0.6) is 0 Å².